The van der Waals surface area contributed by atoms with Gasteiger partial charge in [0.25, 0.3) is 5.91 Å². The van der Waals surface area contributed by atoms with Crippen molar-refractivity contribution in [1.82, 2.24) is 19.5 Å². The van der Waals surface area contributed by atoms with Crippen LogP contribution < -0.4 is 11.1 Å². The topological polar surface area (TPSA) is 98.7 Å². The Bertz CT molecular complexity index is 1510. The molecule has 8 heteroatoms. The van der Waals surface area contributed by atoms with Gasteiger partial charge in [-0.05, 0) is 55.0 Å². The van der Waals surface area contributed by atoms with E-state index in [0.29, 0.717) is 27.9 Å². The number of amides is 1. The summed E-state index contributed by atoms with van der Waals surface area (Å²) in [6.45, 7) is 2.01. The number of pyridine rings is 1. The van der Waals surface area contributed by atoms with Crippen LogP contribution in [0.5, 0.6) is 0 Å². The number of rotatable bonds is 4. The first kappa shape index (κ1) is 20.7. The second kappa shape index (κ2) is 8.37. The zero-order valence-corrected chi connectivity index (χ0v) is 18.4. The molecule has 33 heavy (non-hydrogen) atoms. The maximum absolute atomic E-state index is 12.7. The summed E-state index contributed by atoms with van der Waals surface area (Å²) < 4.78 is 1.94. The Balaban J connectivity index is 1.52. The lowest BCUT2D eigenvalue weighted by molar-refractivity contribution is 0.102. The van der Waals surface area contributed by atoms with Crippen LogP contribution in [-0.2, 0) is 0 Å². The van der Waals surface area contributed by atoms with Crippen molar-refractivity contribution in [2.45, 2.75) is 6.92 Å². The van der Waals surface area contributed by atoms with Crippen molar-refractivity contribution in [3.63, 3.8) is 0 Å². The van der Waals surface area contributed by atoms with Gasteiger partial charge in [-0.15, -0.1) is 0 Å². The first-order valence-electron chi connectivity index (χ1n) is 10.2. The average molecular weight is 455 g/mol. The number of anilines is 2. The van der Waals surface area contributed by atoms with Gasteiger partial charge in [0, 0.05) is 45.7 Å². The largest absolute Gasteiger partial charge is 0.384 e. The zero-order valence-electron chi connectivity index (χ0n) is 17.7. The molecule has 0 spiro atoms. The number of carbonyl (C=O) groups excluding carboxylic acids is 1. The molecule has 0 radical (unpaired) electrons. The molecule has 0 unspecified atom stereocenters. The third kappa shape index (κ3) is 4.14. The van der Waals surface area contributed by atoms with Gasteiger partial charge in [-0.1, -0.05) is 23.7 Å². The molecule has 0 fully saturated rings. The first-order chi connectivity index (χ1) is 16.0. The monoisotopic (exact) mass is 454 g/mol. The second-order valence-corrected chi connectivity index (χ2v) is 8.05. The van der Waals surface area contributed by atoms with Crippen molar-refractivity contribution in [3.05, 3.63) is 95.5 Å². The van der Waals surface area contributed by atoms with E-state index in [2.05, 4.69) is 20.3 Å². The SMILES string of the molecule is Cc1ccc(NC(=O)c2cccc(Cl)c2)cc1-c1cc2c(ccn2-c2cc(N)ncn2)cn1. The number of aryl methyl sites for hydroxylation is 1. The van der Waals surface area contributed by atoms with Crippen molar-refractivity contribution >= 4 is 39.9 Å². The van der Waals surface area contributed by atoms with Crippen LogP contribution in [0.1, 0.15) is 15.9 Å². The number of hydrogen-bond donors (Lipinski definition) is 2. The van der Waals surface area contributed by atoms with E-state index in [1.54, 1.807) is 30.3 Å². The quantitative estimate of drug-likeness (QED) is 0.385. The summed E-state index contributed by atoms with van der Waals surface area (Å²) in [4.78, 5) is 25.6. The molecule has 7 nitrogen and oxygen atoms in total. The van der Waals surface area contributed by atoms with Crippen LogP contribution in [-0.4, -0.2) is 25.4 Å². The average Bonchev–Trinajstić information content (AvgIpc) is 3.23. The Morgan fingerprint density at radius 2 is 1.91 bits per heavy atom. The summed E-state index contributed by atoms with van der Waals surface area (Å²) in [5, 5.41) is 4.42. The van der Waals surface area contributed by atoms with Crippen LogP contribution in [0.2, 0.25) is 5.02 Å². The van der Waals surface area contributed by atoms with Crippen molar-refractivity contribution in [2.75, 3.05) is 11.1 Å². The molecular formula is C25H19ClN6O. The molecule has 1 amide bonds. The Morgan fingerprint density at radius 1 is 1.03 bits per heavy atom. The number of benzene rings is 2. The molecule has 3 heterocycles. The number of hydrogen-bond acceptors (Lipinski definition) is 5. The fourth-order valence-corrected chi connectivity index (χ4v) is 3.87. The van der Waals surface area contributed by atoms with Crippen LogP contribution >= 0.6 is 11.6 Å². The van der Waals surface area contributed by atoms with E-state index in [0.717, 1.165) is 27.7 Å². The molecule has 0 aliphatic rings. The van der Waals surface area contributed by atoms with Gasteiger partial charge in [-0.25, -0.2) is 9.97 Å². The van der Waals surface area contributed by atoms with Gasteiger partial charge in [0.2, 0.25) is 0 Å². The molecule has 2 aromatic carbocycles. The van der Waals surface area contributed by atoms with Crippen molar-refractivity contribution in [2.24, 2.45) is 0 Å². The van der Waals surface area contributed by atoms with Crippen LogP contribution in [0.3, 0.4) is 0 Å². The third-order valence-corrected chi connectivity index (χ3v) is 5.59. The maximum Gasteiger partial charge on any atom is 0.255 e. The minimum atomic E-state index is -0.231. The highest BCUT2D eigenvalue weighted by molar-refractivity contribution is 6.31. The number of halogens is 1. The van der Waals surface area contributed by atoms with Crippen LogP contribution in [0, 0.1) is 6.92 Å². The number of carbonyl (C=O) groups is 1. The predicted octanol–water partition coefficient (Wildman–Crippen LogP) is 5.28. The van der Waals surface area contributed by atoms with Crippen molar-refractivity contribution in [1.29, 1.82) is 0 Å². The lowest BCUT2D eigenvalue weighted by Crippen LogP contribution is -2.11. The highest BCUT2D eigenvalue weighted by Gasteiger charge is 2.12. The van der Waals surface area contributed by atoms with Crippen LogP contribution in [0.4, 0.5) is 11.5 Å². The van der Waals surface area contributed by atoms with Gasteiger partial charge in [-0.2, -0.15) is 0 Å². The van der Waals surface area contributed by atoms with Gasteiger partial charge >= 0.3 is 0 Å². The number of aromatic nitrogens is 4. The number of nitrogens with one attached hydrogen (secondary N) is 1. The zero-order chi connectivity index (χ0) is 22.9. The summed E-state index contributed by atoms with van der Waals surface area (Å²) in [5.74, 6) is 0.843. The molecule has 0 aliphatic carbocycles. The minimum Gasteiger partial charge on any atom is -0.384 e. The Kier molecular flexibility index (Phi) is 5.24. The summed E-state index contributed by atoms with van der Waals surface area (Å²) in [6.07, 6.45) is 5.18. The minimum absolute atomic E-state index is 0.231. The standard InChI is InChI=1S/C25H19ClN6O/c1-15-5-6-19(31-25(33)16-3-2-4-18(26)9-16)10-20(15)21-11-22-17(13-28-21)7-8-32(22)24-12-23(27)29-14-30-24/h2-14H,1H3,(H,31,33)(H2,27,29,30). The normalized spacial score (nSPS) is 11.0. The van der Waals surface area contributed by atoms with E-state index >= 15 is 0 Å². The molecule has 3 N–H and O–H groups in total. The number of nitrogen functional groups attached to an aromatic ring is 1. The van der Waals surface area contributed by atoms with E-state index in [-0.39, 0.29) is 5.91 Å². The van der Waals surface area contributed by atoms with Gasteiger partial charge in [0.05, 0.1) is 11.2 Å². The van der Waals surface area contributed by atoms with Gasteiger partial charge in [-0.3, -0.25) is 9.78 Å². The highest BCUT2D eigenvalue weighted by atomic mass is 35.5. The predicted molar refractivity (Wildman–Crippen MR) is 131 cm³/mol. The van der Waals surface area contributed by atoms with Crippen molar-refractivity contribution < 1.29 is 4.79 Å². The van der Waals surface area contributed by atoms with Crippen LogP contribution in [0.25, 0.3) is 28.0 Å². The third-order valence-electron chi connectivity index (χ3n) is 5.35. The maximum atomic E-state index is 12.7. The molecule has 3 aromatic heterocycles. The van der Waals surface area contributed by atoms with E-state index in [4.69, 9.17) is 17.3 Å². The number of nitrogens with two attached hydrogens (primary N) is 1. The molecular weight excluding hydrogens is 436 g/mol. The van der Waals surface area contributed by atoms with E-state index in [1.807, 2.05) is 54.2 Å². The van der Waals surface area contributed by atoms with Gasteiger partial charge < -0.3 is 15.6 Å². The van der Waals surface area contributed by atoms with Crippen LogP contribution in [0.15, 0.2) is 79.4 Å². The fraction of sp³-hybridized carbons (Fsp3) is 0.0400. The lowest BCUT2D eigenvalue weighted by Gasteiger charge is -2.11. The van der Waals surface area contributed by atoms with E-state index in [1.165, 1.54) is 6.33 Å². The van der Waals surface area contributed by atoms with E-state index < -0.39 is 0 Å². The molecule has 0 bridgehead atoms. The van der Waals surface area contributed by atoms with Gasteiger partial charge in [0.15, 0.2) is 0 Å². The molecule has 0 saturated carbocycles. The van der Waals surface area contributed by atoms with Crippen molar-refractivity contribution in [3.8, 4) is 17.1 Å². The molecule has 5 aromatic rings. The Morgan fingerprint density at radius 3 is 2.73 bits per heavy atom. The molecule has 162 valence electrons. The Labute approximate surface area is 194 Å². The number of nitrogens with zero attached hydrogens (tertiary/aromatic N) is 4. The highest BCUT2D eigenvalue weighted by Crippen LogP contribution is 2.29. The first-order valence-corrected chi connectivity index (χ1v) is 10.6. The van der Waals surface area contributed by atoms with Gasteiger partial charge in [0.1, 0.15) is 18.0 Å². The Hall–Kier alpha value is -4.23. The smallest absolute Gasteiger partial charge is 0.255 e. The van der Waals surface area contributed by atoms with E-state index in [9.17, 15) is 4.79 Å². The summed E-state index contributed by atoms with van der Waals surface area (Å²) in [6, 6.07) is 18.3. The second-order valence-electron chi connectivity index (χ2n) is 7.61. The summed E-state index contributed by atoms with van der Waals surface area (Å²) in [7, 11) is 0. The molecule has 0 saturated heterocycles. The molecule has 0 aliphatic heterocycles. The molecule has 0 atom stereocenters. The molecule has 5 rings (SSSR count). The number of fused-ring (bicyclic) bond motifs is 1. The summed E-state index contributed by atoms with van der Waals surface area (Å²) >= 11 is 6.02. The lowest BCUT2D eigenvalue weighted by atomic mass is 10.0. The summed E-state index contributed by atoms with van der Waals surface area (Å²) in [5.41, 5.74) is 10.7. The fourth-order valence-electron chi connectivity index (χ4n) is 3.68.